The van der Waals surface area contributed by atoms with Crippen molar-refractivity contribution in [2.75, 3.05) is 5.32 Å². The summed E-state index contributed by atoms with van der Waals surface area (Å²) in [7, 11) is 0. The van der Waals surface area contributed by atoms with Crippen LogP contribution in [-0.2, 0) is 0 Å². The van der Waals surface area contributed by atoms with E-state index in [1.807, 2.05) is 41.8 Å². The van der Waals surface area contributed by atoms with E-state index < -0.39 is 0 Å². The first kappa shape index (κ1) is 17.0. The molecule has 4 heteroatoms. The molecule has 132 valence electrons. The molecule has 1 aliphatic rings. The molecular weight excluding hydrogens is 340 g/mol. The molecule has 1 amide bonds. The number of thiophene rings is 1. The van der Waals surface area contributed by atoms with Crippen molar-refractivity contribution in [1.29, 1.82) is 0 Å². The van der Waals surface area contributed by atoms with Gasteiger partial charge in [-0.2, -0.15) is 0 Å². The molecule has 1 N–H and O–H groups in total. The van der Waals surface area contributed by atoms with E-state index >= 15 is 0 Å². The molecule has 4 rings (SSSR count). The van der Waals surface area contributed by atoms with Crippen molar-refractivity contribution < 1.29 is 4.79 Å². The minimum absolute atomic E-state index is 0.0494. The first-order valence-electron chi connectivity index (χ1n) is 9.20. The number of hydrogen-bond acceptors (Lipinski definition) is 3. The molecule has 1 aromatic carbocycles. The zero-order chi connectivity index (χ0) is 17.8. The van der Waals surface area contributed by atoms with E-state index in [1.54, 1.807) is 23.7 Å². The number of nitrogens with zero attached hydrogens (tertiary/aromatic N) is 1. The summed E-state index contributed by atoms with van der Waals surface area (Å²) >= 11 is 1.72. The summed E-state index contributed by atoms with van der Waals surface area (Å²) in [4.78, 5) is 18.3. The van der Waals surface area contributed by atoms with Crippen LogP contribution in [0.2, 0.25) is 0 Å². The van der Waals surface area contributed by atoms with Crippen molar-refractivity contribution in [2.45, 2.75) is 38.0 Å². The van der Waals surface area contributed by atoms with E-state index in [9.17, 15) is 4.79 Å². The highest BCUT2D eigenvalue weighted by molar-refractivity contribution is 7.10. The fraction of sp³-hybridized carbons (Fsp3) is 0.273. The van der Waals surface area contributed by atoms with Gasteiger partial charge < -0.3 is 5.32 Å². The summed E-state index contributed by atoms with van der Waals surface area (Å²) in [6, 6.07) is 14.0. The smallest absolute Gasteiger partial charge is 0.256 e. The molecule has 0 unspecified atom stereocenters. The van der Waals surface area contributed by atoms with Crippen molar-refractivity contribution in [3.63, 3.8) is 0 Å². The zero-order valence-corrected chi connectivity index (χ0v) is 15.5. The number of pyridine rings is 1. The number of anilines is 1. The Morgan fingerprint density at radius 1 is 1.08 bits per heavy atom. The second-order valence-electron chi connectivity index (χ2n) is 6.81. The average molecular weight is 362 g/mol. The van der Waals surface area contributed by atoms with E-state index in [-0.39, 0.29) is 5.91 Å². The third kappa shape index (κ3) is 3.70. The molecule has 1 aliphatic carbocycles. The Balaban J connectivity index is 1.53. The minimum atomic E-state index is -0.0494. The maximum Gasteiger partial charge on any atom is 0.256 e. The van der Waals surface area contributed by atoms with Crippen LogP contribution in [-0.4, -0.2) is 10.9 Å². The van der Waals surface area contributed by atoms with Gasteiger partial charge in [0.25, 0.3) is 5.91 Å². The summed E-state index contributed by atoms with van der Waals surface area (Å²) < 4.78 is 0. The number of amides is 1. The third-order valence-corrected chi connectivity index (χ3v) is 6.14. The van der Waals surface area contributed by atoms with Gasteiger partial charge in [-0.3, -0.25) is 9.78 Å². The number of carbonyl (C=O) groups is 1. The third-order valence-electron chi connectivity index (χ3n) is 5.04. The highest BCUT2D eigenvalue weighted by atomic mass is 32.1. The van der Waals surface area contributed by atoms with Crippen LogP contribution in [0, 0.1) is 0 Å². The first-order valence-corrected chi connectivity index (χ1v) is 10.1. The number of benzene rings is 1. The normalized spacial score (nSPS) is 14.9. The second kappa shape index (κ2) is 7.83. The summed E-state index contributed by atoms with van der Waals surface area (Å²) in [6.45, 7) is 0. The Morgan fingerprint density at radius 2 is 1.88 bits per heavy atom. The van der Waals surface area contributed by atoms with Crippen LogP contribution in [0.25, 0.3) is 11.1 Å². The molecule has 26 heavy (non-hydrogen) atoms. The van der Waals surface area contributed by atoms with Gasteiger partial charge in [-0.1, -0.05) is 49.6 Å². The standard InChI is InChI=1S/C22H22N2OS/c25-22(18-13-21(26-15-18)17-9-5-2-6-10-17)24-20-11-12-23-14-19(20)16-7-3-1-4-8-16/h1,3-4,7-8,11-15,17H,2,5-6,9-10H2,(H,23,24,25). The summed E-state index contributed by atoms with van der Waals surface area (Å²) in [5.41, 5.74) is 3.53. The van der Waals surface area contributed by atoms with Crippen molar-refractivity contribution in [1.82, 2.24) is 4.98 Å². The van der Waals surface area contributed by atoms with Crippen LogP contribution in [0.5, 0.6) is 0 Å². The van der Waals surface area contributed by atoms with Gasteiger partial charge in [0.2, 0.25) is 0 Å². The van der Waals surface area contributed by atoms with Gasteiger partial charge in [0, 0.05) is 28.2 Å². The number of carbonyl (C=O) groups excluding carboxylic acids is 1. The van der Waals surface area contributed by atoms with Crippen molar-refractivity contribution in [3.05, 3.63) is 70.7 Å². The van der Waals surface area contributed by atoms with Gasteiger partial charge >= 0.3 is 0 Å². The molecule has 0 atom stereocenters. The zero-order valence-electron chi connectivity index (χ0n) is 14.7. The van der Waals surface area contributed by atoms with Gasteiger partial charge in [-0.25, -0.2) is 0 Å². The number of aromatic nitrogens is 1. The maximum absolute atomic E-state index is 12.8. The maximum atomic E-state index is 12.8. The lowest BCUT2D eigenvalue weighted by Crippen LogP contribution is -2.12. The Kier molecular flexibility index (Phi) is 5.12. The number of rotatable bonds is 4. The van der Waals surface area contributed by atoms with Crippen LogP contribution in [0.1, 0.15) is 53.3 Å². The molecule has 0 aliphatic heterocycles. The Hall–Kier alpha value is -2.46. The Morgan fingerprint density at radius 3 is 2.69 bits per heavy atom. The summed E-state index contributed by atoms with van der Waals surface area (Å²) in [5.74, 6) is 0.586. The fourth-order valence-electron chi connectivity index (χ4n) is 3.62. The first-order chi connectivity index (χ1) is 12.8. The number of hydrogen-bond donors (Lipinski definition) is 1. The fourth-order valence-corrected chi connectivity index (χ4v) is 4.68. The molecule has 0 bridgehead atoms. The predicted molar refractivity (Wildman–Crippen MR) is 108 cm³/mol. The molecule has 0 saturated heterocycles. The van der Waals surface area contributed by atoms with Crippen LogP contribution >= 0.6 is 11.3 Å². The van der Waals surface area contributed by atoms with Gasteiger partial charge in [-0.05, 0) is 36.5 Å². The summed E-state index contributed by atoms with van der Waals surface area (Å²) in [5, 5.41) is 5.06. The molecule has 3 aromatic rings. The largest absolute Gasteiger partial charge is 0.321 e. The quantitative estimate of drug-likeness (QED) is 0.608. The van der Waals surface area contributed by atoms with Gasteiger partial charge in [0.1, 0.15) is 0 Å². The van der Waals surface area contributed by atoms with Gasteiger partial charge in [0.05, 0.1) is 11.3 Å². The average Bonchev–Trinajstić information content (AvgIpc) is 3.20. The van der Waals surface area contributed by atoms with Crippen molar-refractivity contribution in [3.8, 4) is 11.1 Å². The van der Waals surface area contributed by atoms with Crippen LogP contribution < -0.4 is 5.32 Å². The highest BCUT2D eigenvalue weighted by Crippen LogP contribution is 2.36. The molecule has 1 saturated carbocycles. The molecule has 3 nitrogen and oxygen atoms in total. The topological polar surface area (TPSA) is 42.0 Å². The minimum Gasteiger partial charge on any atom is -0.321 e. The molecule has 2 heterocycles. The van der Waals surface area contributed by atoms with Crippen molar-refractivity contribution in [2.24, 2.45) is 0 Å². The highest BCUT2D eigenvalue weighted by Gasteiger charge is 2.19. The van der Waals surface area contributed by atoms with Crippen LogP contribution in [0.4, 0.5) is 5.69 Å². The molecule has 2 aromatic heterocycles. The second-order valence-corrected chi connectivity index (χ2v) is 7.76. The lowest BCUT2D eigenvalue weighted by Gasteiger charge is -2.19. The SMILES string of the molecule is O=C(Nc1ccncc1-c1ccccc1)c1csc(C2CCCCC2)c1. The summed E-state index contributed by atoms with van der Waals surface area (Å²) in [6.07, 6.45) is 9.98. The molecule has 0 spiro atoms. The van der Waals surface area contributed by atoms with Gasteiger partial charge in [0.15, 0.2) is 0 Å². The van der Waals surface area contributed by atoms with E-state index in [4.69, 9.17) is 0 Å². The lowest BCUT2D eigenvalue weighted by atomic mass is 9.88. The van der Waals surface area contributed by atoms with E-state index in [2.05, 4.69) is 16.4 Å². The van der Waals surface area contributed by atoms with E-state index in [1.165, 1.54) is 37.0 Å². The van der Waals surface area contributed by atoms with E-state index in [0.717, 1.165) is 22.4 Å². The Bertz CT molecular complexity index is 882. The van der Waals surface area contributed by atoms with Crippen molar-refractivity contribution >= 4 is 22.9 Å². The van der Waals surface area contributed by atoms with Gasteiger partial charge in [-0.15, -0.1) is 11.3 Å². The number of nitrogens with one attached hydrogen (secondary N) is 1. The molecule has 1 fully saturated rings. The molecule has 0 radical (unpaired) electrons. The predicted octanol–water partition coefficient (Wildman–Crippen LogP) is 6.11. The van der Waals surface area contributed by atoms with Crippen LogP contribution in [0.15, 0.2) is 60.2 Å². The Labute approximate surface area is 158 Å². The van der Waals surface area contributed by atoms with E-state index in [0.29, 0.717) is 5.92 Å². The lowest BCUT2D eigenvalue weighted by molar-refractivity contribution is 0.102. The molecular formula is C22H22N2OS. The van der Waals surface area contributed by atoms with Crippen LogP contribution in [0.3, 0.4) is 0 Å². The monoisotopic (exact) mass is 362 g/mol.